The molecule has 28 heavy (non-hydrogen) atoms. The molecule has 2 aromatic carbocycles. The molecular weight excluding hydrogens is 365 g/mol. The molecule has 0 saturated carbocycles. The van der Waals surface area contributed by atoms with E-state index < -0.39 is 11.8 Å². The number of benzene rings is 2. The van der Waals surface area contributed by atoms with Crippen molar-refractivity contribution in [1.29, 1.82) is 0 Å². The third-order valence-electron chi connectivity index (χ3n) is 4.02. The van der Waals surface area contributed by atoms with Crippen molar-refractivity contribution in [1.82, 2.24) is 15.8 Å². The normalized spacial score (nSPS) is 10.4. The molecule has 8 heteroatoms. The van der Waals surface area contributed by atoms with E-state index in [0.29, 0.717) is 22.2 Å². The average molecular weight is 383 g/mol. The standard InChI is InChI=1S/C20H18FN3O4/c1-27-18-14-5-3-4-6-15(14)22-17(19(18)28-2)20(26)24-23-16(25)11-12-7-9-13(21)10-8-12/h3-10H,11H2,1-2H3,(H,23,25)(H,24,26). The van der Waals surface area contributed by atoms with Gasteiger partial charge in [0.15, 0.2) is 17.2 Å². The first-order chi connectivity index (χ1) is 13.5. The van der Waals surface area contributed by atoms with Crippen LogP contribution in [0, 0.1) is 5.82 Å². The van der Waals surface area contributed by atoms with Crippen LogP contribution >= 0.6 is 0 Å². The van der Waals surface area contributed by atoms with E-state index in [1.807, 2.05) is 6.07 Å². The third kappa shape index (κ3) is 4.01. The Morgan fingerprint density at radius 1 is 0.964 bits per heavy atom. The molecule has 3 rings (SSSR count). The fourth-order valence-corrected chi connectivity index (χ4v) is 2.73. The number of nitrogens with zero attached hydrogens (tertiary/aromatic N) is 1. The zero-order chi connectivity index (χ0) is 20.1. The molecule has 0 saturated heterocycles. The van der Waals surface area contributed by atoms with E-state index in [1.165, 1.54) is 38.5 Å². The number of rotatable bonds is 5. The lowest BCUT2D eigenvalue weighted by Crippen LogP contribution is -2.42. The summed E-state index contributed by atoms with van der Waals surface area (Å²) in [5.41, 5.74) is 5.75. The fraction of sp³-hybridized carbons (Fsp3) is 0.150. The zero-order valence-corrected chi connectivity index (χ0v) is 15.3. The van der Waals surface area contributed by atoms with E-state index in [0.717, 1.165) is 0 Å². The van der Waals surface area contributed by atoms with Crippen LogP contribution < -0.4 is 20.3 Å². The molecular formula is C20H18FN3O4. The van der Waals surface area contributed by atoms with E-state index in [4.69, 9.17) is 9.47 Å². The van der Waals surface area contributed by atoms with Crippen molar-refractivity contribution < 1.29 is 23.5 Å². The predicted octanol–water partition coefficient (Wildman–Crippen LogP) is 2.39. The average Bonchev–Trinajstić information content (AvgIpc) is 2.72. The second-order valence-corrected chi connectivity index (χ2v) is 5.85. The Labute approximate surface area is 160 Å². The number of hydrogen-bond acceptors (Lipinski definition) is 5. The maximum Gasteiger partial charge on any atom is 0.292 e. The van der Waals surface area contributed by atoms with Gasteiger partial charge in [0, 0.05) is 5.39 Å². The number of fused-ring (bicyclic) bond motifs is 1. The van der Waals surface area contributed by atoms with Crippen molar-refractivity contribution in [3.05, 3.63) is 65.6 Å². The van der Waals surface area contributed by atoms with Gasteiger partial charge in [0.1, 0.15) is 5.82 Å². The molecule has 3 aromatic rings. The van der Waals surface area contributed by atoms with Gasteiger partial charge < -0.3 is 9.47 Å². The highest BCUT2D eigenvalue weighted by Crippen LogP contribution is 2.36. The summed E-state index contributed by atoms with van der Waals surface area (Å²) in [6, 6.07) is 12.7. The minimum absolute atomic E-state index is 0.0217. The summed E-state index contributed by atoms with van der Waals surface area (Å²) in [4.78, 5) is 28.9. The number of aromatic nitrogens is 1. The fourth-order valence-electron chi connectivity index (χ4n) is 2.73. The maximum absolute atomic E-state index is 12.9. The van der Waals surface area contributed by atoms with Gasteiger partial charge in [-0.15, -0.1) is 0 Å². The van der Waals surface area contributed by atoms with E-state index in [-0.39, 0.29) is 23.7 Å². The summed E-state index contributed by atoms with van der Waals surface area (Å²) < 4.78 is 23.6. The van der Waals surface area contributed by atoms with Gasteiger partial charge in [0.25, 0.3) is 5.91 Å². The zero-order valence-electron chi connectivity index (χ0n) is 15.3. The number of ether oxygens (including phenoxy) is 2. The van der Waals surface area contributed by atoms with E-state index in [2.05, 4.69) is 15.8 Å². The topological polar surface area (TPSA) is 89.6 Å². The Balaban J connectivity index is 1.77. The van der Waals surface area contributed by atoms with Crippen LogP contribution in [0.3, 0.4) is 0 Å². The van der Waals surface area contributed by atoms with E-state index in [1.54, 1.807) is 18.2 Å². The molecule has 2 N–H and O–H groups in total. The Hall–Kier alpha value is -3.68. The lowest BCUT2D eigenvalue weighted by Gasteiger charge is -2.15. The highest BCUT2D eigenvalue weighted by Gasteiger charge is 2.22. The molecule has 0 aliphatic heterocycles. The lowest BCUT2D eigenvalue weighted by atomic mass is 10.1. The SMILES string of the molecule is COc1c(C(=O)NNC(=O)Cc2ccc(F)cc2)nc2ccccc2c1OC. The van der Waals surface area contributed by atoms with Crippen LogP contribution in [0.15, 0.2) is 48.5 Å². The summed E-state index contributed by atoms with van der Waals surface area (Å²) in [6.45, 7) is 0. The third-order valence-corrected chi connectivity index (χ3v) is 4.02. The molecule has 1 aromatic heterocycles. The molecule has 0 radical (unpaired) electrons. The van der Waals surface area contributed by atoms with Crippen molar-refractivity contribution in [3.8, 4) is 11.5 Å². The first kappa shape index (κ1) is 19.1. The van der Waals surface area contributed by atoms with Crippen LogP contribution in [-0.4, -0.2) is 31.0 Å². The van der Waals surface area contributed by atoms with Gasteiger partial charge in [0.2, 0.25) is 5.91 Å². The van der Waals surface area contributed by atoms with Gasteiger partial charge in [-0.05, 0) is 29.8 Å². The van der Waals surface area contributed by atoms with Gasteiger partial charge in [-0.1, -0.05) is 24.3 Å². The second-order valence-electron chi connectivity index (χ2n) is 5.85. The van der Waals surface area contributed by atoms with Crippen molar-refractivity contribution in [3.63, 3.8) is 0 Å². The molecule has 0 aliphatic rings. The molecule has 0 atom stereocenters. The number of carbonyl (C=O) groups excluding carboxylic acids is 2. The Bertz CT molecular complexity index is 1020. The van der Waals surface area contributed by atoms with E-state index >= 15 is 0 Å². The molecule has 0 aliphatic carbocycles. The number of hydrogen-bond donors (Lipinski definition) is 2. The molecule has 0 fully saturated rings. The number of methoxy groups -OCH3 is 2. The van der Waals surface area contributed by atoms with Crippen molar-refractivity contribution in [2.24, 2.45) is 0 Å². The molecule has 7 nitrogen and oxygen atoms in total. The largest absolute Gasteiger partial charge is 0.492 e. The molecule has 2 amide bonds. The number of para-hydroxylation sites is 1. The Morgan fingerprint density at radius 2 is 1.64 bits per heavy atom. The lowest BCUT2D eigenvalue weighted by molar-refractivity contribution is -0.121. The van der Waals surface area contributed by atoms with Gasteiger partial charge in [-0.25, -0.2) is 9.37 Å². The van der Waals surface area contributed by atoms with Gasteiger partial charge in [0.05, 0.1) is 26.2 Å². The summed E-state index contributed by atoms with van der Waals surface area (Å²) in [7, 11) is 2.87. The van der Waals surface area contributed by atoms with Crippen LogP contribution in [0.25, 0.3) is 10.9 Å². The molecule has 1 heterocycles. The number of carbonyl (C=O) groups is 2. The van der Waals surface area contributed by atoms with Crippen LogP contribution in [-0.2, 0) is 11.2 Å². The summed E-state index contributed by atoms with van der Waals surface area (Å²) in [5.74, 6) is -0.983. The minimum Gasteiger partial charge on any atom is -0.492 e. The quantitative estimate of drug-likeness (QED) is 0.661. The number of nitrogens with one attached hydrogen (secondary N) is 2. The molecule has 0 bridgehead atoms. The first-order valence-corrected chi connectivity index (χ1v) is 8.38. The van der Waals surface area contributed by atoms with Crippen LogP contribution in [0.2, 0.25) is 0 Å². The van der Waals surface area contributed by atoms with Crippen molar-refractivity contribution in [2.45, 2.75) is 6.42 Å². The molecule has 0 spiro atoms. The monoisotopic (exact) mass is 383 g/mol. The van der Waals surface area contributed by atoms with E-state index in [9.17, 15) is 14.0 Å². The molecule has 144 valence electrons. The van der Waals surface area contributed by atoms with Gasteiger partial charge in [-0.2, -0.15) is 0 Å². The summed E-state index contributed by atoms with van der Waals surface area (Å²) in [5, 5.41) is 0.693. The predicted molar refractivity (Wildman–Crippen MR) is 101 cm³/mol. The van der Waals surface area contributed by atoms with Crippen LogP contribution in [0.1, 0.15) is 16.1 Å². The van der Waals surface area contributed by atoms with Crippen LogP contribution in [0.5, 0.6) is 11.5 Å². The summed E-state index contributed by atoms with van der Waals surface area (Å²) in [6.07, 6.45) is -0.0217. The van der Waals surface area contributed by atoms with Crippen LogP contribution in [0.4, 0.5) is 4.39 Å². The first-order valence-electron chi connectivity index (χ1n) is 8.38. The van der Waals surface area contributed by atoms with Gasteiger partial charge >= 0.3 is 0 Å². The Morgan fingerprint density at radius 3 is 2.32 bits per heavy atom. The van der Waals surface area contributed by atoms with Gasteiger partial charge in [-0.3, -0.25) is 20.4 Å². The highest BCUT2D eigenvalue weighted by atomic mass is 19.1. The number of amides is 2. The second kappa shape index (κ2) is 8.34. The number of pyridine rings is 1. The number of hydrazine groups is 1. The smallest absolute Gasteiger partial charge is 0.292 e. The molecule has 0 unspecified atom stereocenters. The Kier molecular flexibility index (Phi) is 5.69. The maximum atomic E-state index is 12.9. The summed E-state index contributed by atoms with van der Waals surface area (Å²) >= 11 is 0. The number of halogens is 1. The highest BCUT2D eigenvalue weighted by molar-refractivity contribution is 6.01. The van der Waals surface area contributed by atoms with Crippen molar-refractivity contribution >= 4 is 22.7 Å². The minimum atomic E-state index is -0.659. The van der Waals surface area contributed by atoms with Crippen molar-refractivity contribution in [2.75, 3.05) is 14.2 Å².